The van der Waals surface area contributed by atoms with Crippen molar-refractivity contribution in [2.45, 2.75) is 65.5 Å². The minimum Gasteiger partial charge on any atom is -0.497 e. The van der Waals surface area contributed by atoms with E-state index in [0.29, 0.717) is 48.7 Å². The molecule has 8 heteroatoms. The summed E-state index contributed by atoms with van der Waals surface area (Å²) < 4.78 is 7.14. The van der Waals surface area contributed by atoms with Crippen LogP contribution in [0.5, 0.6) is 5.75 Å². The Kier molecular flexibility index (Phi) is 9.41. The first-order valence-electron chi connectivity index (χ1n) is 13.9. The van der Waals surface area contributed by atoms with E-state index >= 15 is 0 Å². The third-order valence-corrected chi connectivity index (χ3v) is 7.45. The molecule has 1 atom stereocenters. The summed E-state index contributed by atoms with van der Waals surface area (Å²) in [6.07, 6.45) is 4.49. The molecule has 0 bridgehead atoms. The van der Waals surface area contributed by atoms with Gasteiger partial charge in [-0.2, -0.15) is 5.10 Å². The second-order valence-corrected chi connectivity index (χ2v) is 10.2. The average molecular weight is 533 g/mol. The molecule has 0 aliphatic carbocycles. The molecule has 1 aliphatic heterocycles. The molecule has 1 aromatic heterocycles. The highest BCUT2D eigenvalue weighted by Crippen LogP contribution is 2.29. The lowest BCUT2D eigenvalue weighted by Gasteiger charge is -2.36. The first kappa shape index (κ1) is 28.4. The van der Waals surface area contributed by atoms with Crippen LogP contribution in [0.15, 0.2) is 48.5 Å². The maximum Gasteiger partial charge on any atom is 0.274 e. The number of benzene rings is 2. The predicted molar refractivity (Wildman–Crippen MR) is 151 cm³/mol. The smallest absolute Gasteiger partial charge is 0.274 e. The lowest BCUT2D eigenvalue weighted by Crippen LogP contribution is -2.46. The highest BCUT2D eigenvalue weighted by Gasteiger charge is 2.32. The second kappa shape index (κ2) is 12.9. The van der Waals surface area contributed by atoms with Crippen LogP contribution in [0, 0.1) is 6.92 Å². The molecule has 2 heterocycles. The van der Waals surface area contributed by atoms with Gasteiger partial charge in [-0.25, -0.2) is 4.68 Å². The number of fused-ring (bicyclic) bond motifs is 1. The van der Waals surface area contributed by atoms with E-state index in [2.05, 4.69) is 19.9 Å². The van der Waals surface area contributed by atoms with E-state index in [1.54, 1.807) is 41.0 Å². The van der Waals surface area contributed by atoms with E-state index < -0.39 is 0 Å². The van der Waals surface area contributed by atoms with E-state index in [1.807, 2.05) is 30.0 Å². The number of hydrogen-bond donors (Lipinski definition) is 1. The van der Waals surface area contributed by atoms with Crippen LogP contribution in [0.2, 0.25) is 0 Å². The lowest BCUT2D eigenvalue weighted by molar-refractivity contribution is 0.0544. The molecule has 8 nitrogen and oxygen atoms in total. The van der Waals surface area contributed by atoms with Crippen LogP contribution in [0.3, 0.4) is 0 Å². The number of aliphatic hydroxyl groups is 1. The third kappa shape index (κ3) is 6.17. The Morgan fingerprint density at radius 3 is 2.38 bits per heavy atom. The van der Waals surface area contributed by atoms with Gasteiger partial charge in [-0.1, -0.05) is 51.0 Å². The fraction of sp³-hybridized carbons (Fsp3) is 0.452. The lowest BCUT2D eigenvalue weighted by atomic mass is 9.93. The minimum atomic E-state index is -0.330. The van der Waals surface area contributed by atoms with E-state index in [4.69, 9.17) is 9.84 Å². The average Bonchev–Trinajstić information content (AvgIpc) is 3.36. The van der Waals surface area contributed by atoms with Crippen molar-refractivity contribution in [3.05, 3.63) is 76.6 Å². The Morgan fingerprint density at radius 2 is 1.74 bits per heavy atom. The molecule has 4 rings (SSSR count). The summed E-state index contributed by atoms with van der Waals surface area (Å²) in [6.45, 7) is 7.80. The monoisotopic (exact) mass is 532 g/mol. The number of amides is 2. The van der Waals surface area contributed by atoms with Gasteiger partial charge in [0.2, 0.25) is 0 Å². The molecule has 1 N–H and O–H groups in total. The summed E-state index contributed by atoms with van der Waals surface area (Å²) in [4.78, 5) is 31.1. The Bertz CT molecular complexity index is 1290. The number of methoxy groups -OCH3 is 1. The number of rotatable bonds is 11. The summed E-state index contributed by atoms with van der Waals surface area (Å²) in [7, 11) is 1.58. The summed E-state index contributed by atoms with van der Waals surface area (Å²) in [5.41, 5.74) is 4.31. The van der Waals surface area contributed by atoms with Crippen LogP contribution in [0.4, 0.5) is 0 Å². The number of carbonyl (C=O) groups excluding carboxylic acids is 2. The molecule has 0 saturated carbocycles. The number of hydrogen-bond acceptors (Lipinski definition) is 5. The minimum absolute atomic E-state index is 0.0949. The molecule has 0 radical (unpaired) electrons. The van der Waals surface area contributed by atoms with E-state index in [-0.39, 0.29) is 24.5 Å². The van der Waals surface area contributed by atoms with Crippen molar-refractivity contribution in [3.63, 3.8) is 0 Å². The number of aromatic nitrogens is 2. The highest BCUT2D eigenvalue weighted by atomic mass is 16.5. The van der Waals surface area contributed by atoms with Gasteiger partial charge < -0.3 is 19.6 Å². The molecule has 3 aromatic rings. The van der Waals surface area contributed by atoms with Gasteiger partial charge in [0.25, 0.3) is 11.8 Å². The van der Waals surface area contributed by atoms with Gasteiger partial charge in [0.05, 0.1) is 31.0 Å². The largest absolute Gasteiger partial charge is 0.497 e. The molecule has 0 spiro atoms. The standard InChI is InChI=1S/C31H40N4O4/c1-5-7-15-33(16-8-6-2)31(38)28-17-22(3)35(32-28)29-19-26(39-4)13-14-27(29)30(37)34-20-24-12-10-9-11-23(24)18-25(34)21-36/h9-14,17,19,25,36H,5-8,15-16,18,20-21H2,1-4H3/t25-/m0/s1. The zero-order valence-electron chi connectivity index (χ0n) is 23.5. The van der Waals surface area contributed by atoms with Gasteiger partial charge in [-0.05, 0) is 55.5 Å². The van der Waals surface area contributed by atoms with Crippen molar-refractivity contribution in [1.82, 2.24) is 19.6 Å². The van der Waals surface area contributed by atoms with Crippen LogP contribution in [-0.2, 0) is 13.0 Å². The molecule has 2 amide bonds. The molecular weight excluding hydrogens is 492 g/mol. The number of carbonyl (C=O) groups is 2. The summed E-state index contributed by atoms with van der Waals surface area (Å²) in [5.74, 6) is 0.290. The predicted octanol–water partition coefficient (Wildman–Crippen LogP) is 4.79. The van der Waals surface area contributed by atoms with Crippen LogP contribution in [0.1, 0.15) is 77.2 Å². The number of ether oxygens (including phenoxy) is 1. The summed E-state index contributed by atoms with van der Waals surface area (Å²) in [6, 6.07) is 14.8. The van der Waals surface area contributed by atoms with Crippen LogP contribution < -0.4 is 4.74 Å². The van der Waals surface area contributed by atoms with Crippen molar-refractivity contribution in [3.8, 4) is 11.4 Å². The molecule has 1 aliphatic rings. The van der Waals surface area contributed by atoms with Crippen molar-refractivity contribution in [1.29, 1.82) is 0 Å². The van der Waals surface area contributed by atoms with Crippen LogP contribution in [-0.4, -0.2) is 69.3 Å². The van der Waals surface area contributed by atoms with E-state index in [9.17, 15) is 14.7 Å². The first-order valence-corrected chi connectivity index (χ1v) is 13.9. The molecule has 0 saturated heterocycles. The van der Waals surface area contributed by atoms with Crippen LogP contribution >= 0.6 is 0 Å². The fourth-order valence-corrected chi connectivity index (χ4v) is 5.14. The highest BCUT2D eigenvalue weighted by molar-refractivity contribution is 5.98. The molecule has 0 fully saturated rings. The number of aryl methyl sites for hydroxylation is 1. The Morgan fingerprint density at radius 1 is 1.05 bits per heavy atom. The van der Waals surface area contributed by atoms with Gasteiger partial charge in [0.15, 0.2) is 5.69 Å². The molecule has 2 aromatic carbocycles. The molecular formula is C31H40N4O4. The zero-order valence-corrected chi connectivity index (χ0v) is 23.5. The first-order chi connectivity index (χ1) is 18.9. The van der Waals surface area contributed by atoms with E-state index in [0.717, 1.165) is 42.5 Å². The number of aliphatic hydroxyl groups excluding tert-OH is 1. The third-order valence-electron chi connectivity index (χ3n) is 7.45. The Labute approximate surface area is 231 Å². The fourth-order valence-electron chi connectivity index (χ4n) is 5.14. The Balaban J connectivity index is 1.71. The van der Waals surface area contributed by atoms with Gasteiger partial charge in [0, 0.05) is 31.4 Å². The summed E-state index contributed by atoms with van der Waals surface area (Å²) >= 11 is 0. The summed E-state index contributed by atoms with van der Waals surface area (Å²) in [5, 5.41) is 14.9. The Hall–Kier alpha value is -3.65. The molecule has 39 heavy (non-hydrogen) atoms. The van der Waals surface area contributed by atoms with Gasteiger partial charge in [0.1, 0.15) is 5.75 Å². The number of unbranched alkanes of at least 4 members (excludes halogenated alkanes) is 2. The molecule has 208 valence electrons. The maximum absolute atomic E-state index is 14.0. The van der Waals surface area contributed by atoms with Gasteiger partial charge in [-0.15, -0.1) is 0 Å². The molecule has 0 unspecified atom stereocenters. The zero-order chi connectivity index (χ0) is 27.9. The van der Waals surface area contributed by atoms with Crippen molar-refractivity contribution in [2.75, 3.05) is 26.8 Å². The van der Waals surface area contributed by atoms with Crippen molar-refractivity contribution >= 4 is 11.8 Å². The maximum atomic E-state index is 14.0. The topological polar surface area (TPSA) is 87.9 Å². The second-order valence-electron chi connectivity index (χ2n) is 10.2. The quantitative estimate of drug-likeness (QED) is 0.384. The van der Waals surface area contributed by atoms with Gasteiger partial charge >= 0.3 is 0 Å². The van der Waals surface area contributed by atoms with E-state index in [1.165, 1.54) is 0 Å². The number of nitrogens with zero attached hydrogens (tertiary/aromatic N) is 4. The van der Waals surface area contributed by atoms with Crippen molar-refractivity contribution < 1.29 is 19.4 Å². The van der Waals surface area contributed by atoms with Crippen molar-refractivity contribution in [2.24, 2.45) is 0 Å². The SMILES string of the molecule is CCCCN(CCCC)C(=O)c1cc(C)n(-c2cc(OC)ccc2C(=O)N2Cc3ccccc3C[C@H]2CO)n1. The van der Waals surface area contributed by atoms with Crippen LogP contribution in [0.25, 0.3) is 5.69 Å². The normalized spacial score (nSPS) is 14.7. The van der Waals surface area contributed by atoms with Gasteiger partial charge in [-0.3, -0.25) is 9.59 Å².